The summed E-state index contributed by atoms with van der Waals surface area (Å²) in [5.41, 5.74) is -0.396. The van der Waals surface area contributed by atoms with E-state index in [0.29, 0.717) is 4.90 Å². The molecule has 0 aromatic heterocycles. The van der Waals surface area contributed by atoms with E-state index in [9.17, 15) is 32.9 Å². The Hall–Kier alpha value is -3.34. The first-order valence-electron chi connectivity index (χ1n) is 8.42. The van der Waals surface area contributed by atoms with Gasteiger partial charge in [-0.05, 0) is 18.2 Å². The van der Waals surface area contributed by atoms with Gasteiger partial charge in [0, 0.05) is 12.1 Å². The summed E-state index contributed by atoms with van der Waals surface area (Å²) in [5.74, 6) is -2.08. The summed E-state index contributed by atoms with van der Waals surface area (Å²) in [6, 6.07) is 6.39. The summed E-state index contributed by atoms with van der Waals surface area (Å²) in [5, 5.41) is 12.9. The first kappa shape index (κ1) is 21.4. The molecule has 0 aliphatic carbocycles. The van der Waals surface area contributed by atoms with Gasteiger partial charge in [0.15, 0.2) is 6.61 Å². The van der Waals surface area contributed by atoms with Gasteiger partial charge in [-0.3, -0.25) is 24.6 Å². The Kier molecular flexibility index (Phi) is 5.83. The fourth-order valence-electron chi connectivity index (χ4n) is 2.93. The first-order chi connectivity index (χ1) is 14.1. The molecule has 3 rings (SSSR count). The standard InChI is InChI=1S/C18H13ClF3N3O5/c19-11-7-10(25(28)29)5-6-14(11)30-9-17(27)24-13-4-2-1-3-12(13)23-16(26)8-15(24)18(20,21)22/h1-7,15H,8-9H2,(H,23,26). The molecule has 12 heteroatoms. The molecule has 8 nitrogen and oxygen atoms in total. The van der Waals surface area contributed by atoms with Crippen molar-refractivity contribution < 1.29 is 32.4 Å². The number of hydrogen-bond donors (Lipinski definition) is 1. The van der Waals surface area contributed by atoms with Gasteiger partial charge in [0.25, 0.3) is 11.6 Å². The molecular weight excluding hydrogens is 431 g/mol. The molecule has 0 spiro atoms. The number of benzene rings is 2. The average Bonchev–Trinajstić information content (AvgIpc) is 2.82. The second-order valence-electron chi connectivity index (χ2n) is 6.25. The predicted octanol–water partition coefficient (Wildman–Crippen LogP) is 3.93. The molecule has 2 aromatic carbocycles. The van der Waals surface area contributed by atoms with Gasteiger partial charge in [0.2, 0.25) is 5.91 Å². The molecule has 1 N–H and O–H groups in total. The van der Waals surface area contributed by atoms with Crippen LogP contribution in [0.3, 0.4) is 0 Å². The molecular formula is C18H13ClF3N3O5. The van der Waals surface area contributed by atoms with Crippen LogP contribution < -0.4 is 15.0 Å². The van der Waals surface area contributed by atoms with E-state index in [4.69, 9.17) is 16.3 Å². The van der Waals surface area contributed by atoms with Crippen LogP contribution in [0.2, 0.25) is 5.02 Å². The van der Waals surface area contributed by atoms with Crippen LogP contribution in [0.15, 0.2) is 42.5 Å². The lowest BCUT2D eigenvalue weighted by Crippen LogP contribution is -2.51. The number of nitrogens with zero attached hydrogens (tertiary/aromatic N) is 2. The normalized spacial score (nSPS) is 16.3. The minimum Gasteiger partial charge on any atom is -0.482 e. The molecule has 0 fully saturated rings. The third-order valence-corrected chi connectivity index (χ3v) is 4.55. The number of rotatable bonds is 4. The molecule has 1 heterocycles. The lowest BCUT2D eigenvalue weighted by Gasteiger charge is -2.31. The van der Waals surface area contributed by atoms with E-state index in [-0.39, 0.29) is 27.8 Å². The minimum absolute atomic E-state index is 0.0518. The number of carbonyl (C=O) groups excluding carboxylic acids is 2. The number of hydrogen-bond acceptors (Lipinski definition) is 5. The summed E-state index contributed by atoms with van der Waals surface area (Å²) in [6.45, 7) is -0.841. The van der Waals surface area contributed by atoms with Gasteiger partial charge in [-0.1, -0.05) is 23.7 Å². The van der Waals surface area contributed by atoms with Crippen molar-refractivity contribution in [1.82, 2.24) is 0 Å². The van der Waals surface area contributed by atoms with Crippen LogP contribution >= 0.6 is 11.6 Å². The van der Waals surface area contributed by atoms with Gasteiger partial charge in [-0.15, -0.1) is 0 Å². The molecule has 0 saturated carbocycles. The summed E-state index contributed by atoms with van der Waals surface area (Å²) in [6.07, 6.45) is -5.86. The van der Waals surface area contributed by atoms with Gasteiger partial charge in [0.05, 0.1) is 27.7 Å². The molecule has 1 aliphatic heterocycles. The topological polar surface area (TPSA) is 102 Å². The Morgan fingerprint density at radius 2 is 2.00 bits per heavy atom. The predicted molar refractivity (Wildman–Crippen MR) is 101 cm³/mol. The Morgan fingerprint density at radius 1 is 1.30 bits per heavy atom. The molecule has 0 bridgehead atoms. The maximum atomic E-state index is 13.6. The largest absolute Gasteiger partial charge is 0.482 e. The third-order valence-electron chi connectivity index (χ3n) is 4.25. The van der Waals surface area contributed by atoms with Crippen LogP contribution in [0.25, 0.3) is 0 Å². The van der Waals surface area contributed by atoms with E-state index in [2.05, 4.69) is 5.32 Å². The van der Waals surface area contributed by atoms with E-state index in [1.165, 1.54) is 24.3 Å². The molecule has 2 aromatic rings. The van der Waals surface area contributed by atoms with Crippen LogP contribution in [0.1, 0.15) is 6.42 Å². The van der Waals surface area contributed by atoms with E-state index < -0.39 is 42.0 Å². The smallest absolute Gasteiger partial charge is 0.409 e. The zero-order valence-electron chi connectivity index (χ0n) is 15.0. The number of amides is 2. The first-order valence-corrected chi connectivity index (χ1v) is 8.80. The minimum atomic E-state index is -4.88. The van der Waals surface area contributed by atoms with Gasteiger partial charge < -0.3 is 10.1 Å². The van der Waals surface area contributed by atoms with Gasteiger partial charge in [-0.25, -0.2) is 0 Å². The maximum absolute atomic E-state index is 13.6. The summed E-state index contributed by atoms with van der Waals surface area (Å²) in [4.78, 5) is 35.2. The van der Waals surface area contributed by atoms with E-state index in [1.54, 1.807) is 0 Å². The average molecular weight is 444 g/mol. The number of ether oxygens (including phenoxy) is 1. The van der Waals surface area contributed by atoms with Crippen molar-refractivity contribution in [1.29, 1.82) is 0 Å². The highest BCUT2D eigenvalue weighted by molar-refractivity contribution is 6.32. The van der Waals surface area contributed by atoms with Gasteiger partial charge in [-0.2, -0.15) is 13.2 Å². The number of nitro benzene ring substituents is 1. The Balaban J connectivity index is 1.90. The van der Waals surface area contributed by atoms with Crippen molar-refractivity contribution in [2.75, 3.05) is 16.8 Å². The fourth-order valence-corrected chi connectivity index (χ4v) is 3.15. The van der Waals surface area contributed by atoms with Crippen molar-refractivity contribution in [3.8, 4) is 5.75 Å². The number of para-hydroxylation sites is 2. The van der Waals surface area contributed by atoms with Crippen molar-refractivity contribution in [2.45, 2.75) is 18.6 Å². The zero-order valence-corrected chi connectivity index (χ0v) is 15.7. The van der Waals surface area contributed by atoms with Crippen LogP contribution in [-0.4, -0.2) is 35.6 Å². The number of carbonyl (C=O) groups is 2. The molecule has 1 aliphatic rings. The summed E-state index contributed by atoms with van der Waals surface area (Å²) in [7, 11) is 0. The number of halogens is 4. The fraction of sp³-hybridized carbons (Fsp3) is 0.222. The lowest BCUT2D eigenvalue weighted by atomic mass is 10.1. The second kappa shape index (κ2) is 8.19. The van der Waals surface area contributed by atoms with Crippen LogP contribution in [0, 0.1) is 10.1 Å². The third kappa shape index (κ3) is 4.46. The second-order valence-corrected chi connectivity index (χ2v) is 6.66. The highest BCUT2D eigenvalue weighted by atomic mass is 35.5. The van der Waals surface area contributed by atoms with Gasteiger partial charge in [0.1, 0.15) is 11.8 Å². The molecule has 158 valence electrons. The number of non-ortho nitro benzene ring substituents is 1. The SMILES string of the molecule is O=C1CC(C(F)(F)F)N(C(=O)COc2ccc([N+](=O)[O-])cc2Cl)c2ccccc2N1. The van der Waals surface area contributed by atoms with Crippen LogP contribution in [-0.2, 0) is 9.59 Å². The van der Waals surface area contributed by atoms with Gasteiger partial charge >= 0.3 is 6.18 Å². The number of alkyl halides is 3. The zero-order chi connectivity index (χ0) is 22.1. The highest BCUT2D eigenvalue weighted by Gasteiger charge is 2.49. The Bertz CT molecular complexity index is 1010. The van der Waals surface area contributed by atoms with Crippen molar-refractivity contribution in [3.05, 3.63) is 57.6 Å². The van der Waals surface area contributed by atoms with E-state index >= 15 is 0 Å². The Morgan fingerprint density at radius 3 is 2.63 bits per heavy atom. The number of nitrogens with one attached hydrogen (secondary N) is 1. The molecule has 1 unspecified atom stereocenters. The van der Waals surface area contributed by atoms with E-state index in [1.807, 2.05) is 0 Å². The summed E-state index contributed by atoms with van der Waals surface area (Å²) < 4.78 is 46.2. The van der Waals surface area contributed by atoms with Crippen molar-refractivity contribution in [2.24, 2.45) is 0 Å². The summed E-state index contributed by atoms with van der Waals surface area (Å²) >= 11 is 5.88. The number of nitro groups is 1. The molecule has 2 amide bonds. The quantitative estimate of drug-likeness (QED) is 0.569. The molecule has 30 heavy (non-hydrogen) atoms. The monoisotopic (exact) mass is 443 g/mol. The van der Waals surface area contributed by atoms with Crippen LogP contribution in [0.4, 0.5) is 30.2 Å². The molecule has 1 atom stereocenters. The number of anilines is 2. The van der Waals surface area contributed by atoms with Crippen LogP contribution in [0.5, 0.6) is 5.75 Å². The maximum Gasteiger partial charge on any atom is 0.409 e. The highest BCUT2D eigenvalue weighted by Crippen LogP contribution is 2.38. The van der Waals surface area contributed by atoms with E-state index in [0.717, 1.165) is 18.2 Å². The molecule has 0 saturated heterocycles. The number of fused-ring (bicyclic) bond motifs is 1. The van der Waals surface area contributed by atoms with Crippen molar-refractivity contribution in [3.63, 3.8) is 0 Å². The Labute approximate surface area is 172 Å². The molecule has 0 radical (unpaired) electrons. The lowest BCUT2D eigenvalue weighted by molar-refractivity contribution is -0.384. The van der Waals surface area contributed by atoms with Crippen molar-refractivity contribution >= 4 is 40.5 Å².